The van der Waals surface area contributed by atoms with E-state index in [0.717, 1.165) is 51.6 Å². The van der Waals surface area contributed by atoms with E-state index in [0.29, 0.717) is 6.42 Å². The number of allylic oxidation sites excluding steroid dienone is 1. The summed E-state index contributed by atoms with van der Waals surface area (Å²) in [4.78, 5) is 14.1. The van der Waals surface area contributed by atoms with E-state index in [-0.39, 0.29) is 18.6 Å². The van der Waals surface area contributed by atoms with E-state index in [4.69, 9.17) is 0 Å². The molecule has 188 valence electrons. The van der Waals surface area contributed by atoms with Crippen molar-refractivity contribution in [3.05, 3.63) is 12.3 Å². The van der Waals surface area contributed by atoms with Crippen molar-refractivity contribution in [3.8, 4) is 0 Å². The van der Waals surface area contributed by atoms with Crippen LogP contribution in [-0.2, 0) is 4.79 Å². The third kappa shape index (κ3) is 14.9. The summed E-state index contributed by atoms with van der Waals surface area (Å²) in [6, 6.07) is 0.0672. The molecule has 1 fully saturated rings. The van der Waals surface area contributed by atoms with Crippen LogP contribution in [0, 0.1) is 0 Å². The number of likely N-dealkylation sites (tertiary alicyclic amines) is 1. The van der Waals surface area contributed by atoms with Crippen molar-refractivity contribution in [3.63, 3.8) is 0 Å². The number of carbonyl (C=O) groups is 1. The second kappa shape index (κ2) is 20.6. The van der Waals surface area contributed by atoms with Crippen LogP contribution in [0.25, 0.3) is 0 Å². The lowest BCUT2D eigenvalue weighted by Gasteiger charge is -2.23. The van der Waals surface area contributed by atoms with Crippen LogP contribution in [0.5, 0.6) is 0 Å². The van der Waals surface area contributed by atoms with Gasteiger partial charge in [0.2, 0.25) is 5.91 Å². The lowest BCUT2D eigenvalue weighted by atomic mass is 10.0. The largest absolute Gasteiger partial charge is 0.394 e. The molecule has 0 saturated carbocycles. The molecule has 1 aliphatic heterocycles. The fraction of sp³-hybridized carbons (Fsp3) is 0.893. The molecule has 1 atom stereocenters. The van der Waals surface area contributed by atoms with Crippen LogP contribution in [0.1, 0.15) is 135 Å². The summed E-state index contributed by atoms with van der Waals surface area (Å²) in [5, 5.41) is 12.8. The number of amides is 1. The van der Waals surface area contributed by atoms with Gasteiger partial charge in [0.05, 0.1) is 12.6 Å². The number of rotatable bonds is 22. The van der Waals surface area contributed by atoms with Crippen LogP contribution in [0.15, 0.2) is 12.3 Å². The minimum absolute atomic E-state index is 0.0672. The Bertz CT molecular complexity index is 466. The predicted octanol–water partition coefficient (Wildman–Crippen LogP) is 7.11. The first-order chi connectivity index (χ1) is 15.7. The predicted molar refractivity (Wildman–Crippen MR) is 138 cm³/mol. The molecule has 2 N–H and O–H groups in total. The lowest BCUT2D eigenvalue weighted by Crippen LogP contribution is -2.37. The zero-order valence-electron chi connectivity index (χ0n) is 21.4. The summed E-state index contributed by atoms with van der Waals surface area (Å²) < 4.78 is 0. The monoisotopic (exact) mass is 450 g/mol. The van der Waals surface area contributed by atoms with Crippen molar-refractivity contribution in [1.82, 2.24) is 10.2 Å². The fourth-order valence-corrected chi connectivity index (χ4v) is 4.79. The topological polar surface area (TPSA) is 52.6 Å². The molecule has 0 spiro atoms. The van der Waals surface area contributed by atoms with Gasteiger partial charge in [-0.05, 0) is 38.5 Å². The Balaban J connectivity index is 1.81. The molecule has 0 unspecified atom stereocenters. The summed E-state index contributed by atoms with van der Waals surface area (Å²) in [7, 11) is 0. The minimum Gasteiger partial charge on any atom is -0.394 e. The zero-order valence-corrected chi connectivity index (χ0v) is 21.4. The number of aliphatic hydroxyl groups is 1. The van der Waals surface area contributed by atoms with E-state index >= 15 is 0 Å². The van der Waals surface area contributed by atoms with Crippen LogP contribution < -0.4 is 5.32 Å². The van der Waals surface area contributed by atoms with Gasteiger partial charge in [-0.2, -0.15) is 0 Å². The molecule has 0 radical (unpaired) electrons. The van der Waals surface area contributed by atoms with Gasteiger partial charge in [-0.1, -0.05) is 97.0 Å². The third-order valence-corrected chi connectivity index (χ3v) is 6.93. The van der Waals surface area contributed by atoms with E-state index in [1.165, 1.54) is 89.2 Å². The Morgan fingerprint density at radius 2 is 1.38 bits per heavy atom. The molecule has 0 aliphatic carbocycles. The first-order valence-corrected chi connectivity index (χ1v) is 14.0. The van der Waals surface area contributed by atoms with Gasteiger partial charge in [-0.3, -0.25) is 4.79 Å². The molecule has 1 saturated heterocycles. The number of hydrogen-bond donors (Lipinski definition) is 2. The van der Waals surface area contributed by atoms with E-state index in [1.807, 2.05) is 4.90 Å². The highest BCUT2D eigenvalue weighted by Gasteiger charge is 2.27. The molecular weight excluding hydrogens is 396 g/mol. The zero-order chi connectivity index (χ0) is 23.3. The Kier molecular flexibility index (Phi) is 18.6. The minimum atomic E-state index is 0.0672. The summed E-state index contributed by atoms with van der Waals surface area (Å²) in [6.45, 7) is 8.35. The van der Waals surface area contributed by atoms with Crippen LogP contribution in [0.4, 0.5) is 0 Å². The molecule has 4 heteroatoms. The van der Waals surface area contributed by atoms with Crippen molar-refractivity contribution < 1.29 is 9.90 Å². The maximum atomic E-state index is 12.2. The highest BCUT2D eigenvalue weighted by Crippen LogP contribution is 2.18. The van der Waals surface area contributed by atoms with Gasteiger partial charge in [0.15, 0.2) is 0 Å². The van der Waals surface area contributed by atoms with E-state index in [9.17, 15) is 9.90 Å². The van der Waals surface area contributed by atoms with Crippen molar-refractivity contribution >= 4 is 5.91 Å². The Morgan fingerprint density at radius 1 is 0.844 bits per heavy atom. The SMILES string of the molecule is C=C(CCCCCCCCCCCCCCC)NCCCCCC(=O)N1CCC[C@H]1CO. The summed E-state index contributed by atoms with van der Waals surface area (Å²) in [5.41, 5.74) is 1.17. The number of carbonyl (C=O) groups excluding carboxylic acids is 1. The standard InChI is InChI=1S/C28H54N2O2/c1-3-4-5-6-7-8-9-10-11-12-13-14-16-20-26(2)29-23-18-15-17-22-28(32)30-24-19-21-27(30)25-31/h27,29,31H,2-25H2,1H3/t27-/m0/s1. The van der Waals surface area contributed by atoms with Gasteiger partial charge < -0.3 is 15.3 Å². The van der Waals surface area contributed by atoms with Gasteiger partial charge in [-0.15, -0.1) is 0 Å². The van der Waals surface area contributed by atoms with Gasteiger partial charge in [0.25, 0.3) is 0 Å². The maximum Gasteiger partial charge on any atom is 0.222 e. The van der Waals surface area contributed by atoms with E-state index in [1.54, 1.807) is 0 Å². The van der Waals surface area contributed by atoms with Crippen molar-refractivity contribution in [1.29, 1.82) is 0 Å². The number of nitrogens with one attached hydrogen (secondary N) is 1. The highest BCUT2D eigenvalue weighted by molar-refractivity contribution is 5.76. The highest BCUT2D eigenvalue weighted by atomic mass is 16.3. The normalized spacial score (nSPS) is 15.9. The fourth-order valence-electron chi connectivity index (χ4n) is 4.79. The average Bonchev–Trinajstić information content (AvgIpc) is 3.28. The molecule has 0 aromatic carbocycles. The van der Waals surface area contributed by atoms with Gasteiger partial charge in [0, 0.05) is 25.2 Å². The molecule has 0 bridgehead atoms. The Labute approximate surface area is 199 Å². The first-order valence-electron chi connectivity index (χ1n) is 14.0. The molecule has 1 amide bonds. The molecule has 0 aromatic heterocycles. The van der Waals surface area contributed by atoms with Gasteiger partial charge in [-0.25, -0.2) is 0 Å². The van der Waals surface area contributed by atoms with Crippen LogP contribution in [0.2, 0.25) is 0 Å². The van der Waals surface area contributed by atoms with E-state index < -0.39 is 0 Å². The molecule has 1 aliphatic rings. The average molecular weight is 451 g/mol. The summed E-state index contributed by atoms with van der Waals surface area (Å²) >= 11 is 0. The smallest absolute Gasteiger partial charge is 0.222 e. The Hall–Kier alpha value is -1.03. The van der Waals surface area contributed by atoms with Crippen molar-refractivity contribution in [2.75, 3.05) is 19.7 Å². The molecule has 1 heterocycles. The van der Waals surface area contributed by atoms with Gasteiger partial charge >= 0.3 is 0 Å². The van der Waals surface area contributed by atoms with Crippen LogP contribution in [0.3, 0.4) is 0 Å². The second-order valence-electron chi connectivity index (χ2n) is 9.90. The molecule has 4 nitrogen and oxygen atoms in total. The quantitative estimate of drug-likeness (QED) is 0.173. The number of unbranched alkanes of at least 4 members (excludes halogenated alkanes) is 14. The second-order valence-corrected chi connectivity index (χ2v) is 9.90. The summed E-state index contributed by atoms with van der Waals surface area (Å²) in [6.07, 6.45) is 24.9. The molecule has 32 heavy (non-hydrogen) atoms. The summed E-state index contributed by atoms with van der Waals surface area (Å²) in [5.74, 6) is 0.223. The maximum absolute atomic E-state index is 12.2. The van der Waals surface area contributed by atoms with Crippen LogP contribution >= 0.6 is 0 Å². The van der Waals surface area contributed by atoms with Gasteiger partial charge in [0.1, 0.15) is 0 Å². The molecular formula is C28H54N2O2. The van der Waals surface area contributed by atoms with Crippen molar-refractivity contribution in [2.24, 2.45) is 0 Å². The van der Waals surface area contributed by atoms with E-state index in [2.05, 4.69) is 18.8 Å². The van der Waals surface area contributed by atoms with Crippen molar-refractivity contribution in [2.45, 2.75) is 141 Å². The Morgan fingerprint density at radius 3 is 1.97 bits per heavy atom. The van der Waals surface area contributed by atoms with Crippen LogP contribution in [-0.4, -0.2) is 41.7 Å². The molecule has 1 rings (SSSR count). The first kappa shape index (κ1) is 29.0. The third-order valence-electron chi connectivity index (χ3n) is 6.93. The molecule has 0 aromatic rings. The number of aliphatic hydroxyl groups excluding tert-OH is 1. The number of hydrogen-bond acceptors (Lipinski definition) is 3. The lowest BCUT2D eigenvalue weighted by molar-refractivity contribution is -0.132. The number of nitrogens with zero attached hydrogens (tertiary/aromatic N) is 1.